The van der Waals surface area contributed by atoms with Crippen molar-refractivity contribution in [3.63, 3.8) is 0 Å². The van der Waals surface area contributed by atoms with E-state index in [0.717, 1.165) is 12.8 Å². The van der Waals surface area contributed by atoms with Crippen molar-refractivity contribution in [3.05, 3.63) is 35.9 Å². The van der Waals surface area contributed by atoms with Crippen LogP contribution in [-0.4, -0.2) is 135 Å². The van der Waals surface area contributed by atoms with Crippen LogP contribution in [0, 0.1) is 34.5 Å². The smallest absolute Gasteiger partial charge is 0.338 e. The first-order valence-corrected chi connectivity index (χ1v) is 17.4. The molecular weight excluding hydrogens is 606 g/mol. The highest BCUT2D eigenvalue weighted by atomic mass is 16.6. The van der Waals surface area contributed by atoms with Gasteiger partial charge in [-0.05, 0) is 37.4 Å². The molecule has 0 amide bonds. The Morgan fingerprint density at radius 1 is 1.00 bits per heavy atom. The summed E-state index contributed by atoms with van der Waals surface area (Å²) in [5.74, 6) is -2.17. The van der Waals surface area contributed by atoms with Gasteiger partial charge >= 0.3 is 5.97 Å². The maximum Gasteiger partial charge on any atom is 0.338 e. The number of ether oxygens (including phenoxy) is 6. The molecule has 1 saturated heterocycles. The zero-order chi connectivity index (χ0) is 33.5. The number of unbranched alkanes of at least 4 members (excludes halogenated alkanes) is 1. The molecule has 6 aliphatic rings. The summed E-state index contributed by atoms with van der Waals surface area (Å²) in [7, 11) is 6.57. The fourth-order valence-electron chi connectivity index (χ4n) is 12.5. The molecule has 11 nitrogen and oxygen atoms in total. The molecule has 7 rings (SSSR count). The van der Waals surface area contributed by atoms with E-state index in [9.17, 15) is 20.1 Å². The summed E-state index contributed by atoms with van der Waals surface area (Å²) in [6, 6.07) is 8.61. The van der Waals surface area contributed by atoms with Crippen molar-refractivity contribution in [1.29, 1.82) is 0 Å². The Morgan fingerprint density at radius 3 is 2.36 bits per heavy atom. The van der Waals surface area contributed by atoms with Gasteiger partial charge < -0.3 is 43.7 Å². The lowest BCUT2D eigenvalue weighted by molar-refractivity contribution is -0.331. The minimum absolute atomic E-state index is 0.175. The fourth-order valence-corrected chi connectivity index (χ4v) is 12.5. The lowest BCUT2D eigenvalue weighted by atomic mass is 9.42. The molecule has 11 heteroatoms. The fraction of sp³-hybridized carbons (Fsp3) is 0.806. The number of carbonyl (C=O) groups is 1. The first-order valence-electron chi connectivity index (χ1n) is 17.4. The largest absolute Gasteiger partial charge is 0.455 e. The van der Waals surface area contributed by atoms with E-state index in [4.69, 9.17) is 28.4 Å². The first-order chi connectivity index (χ1) is 22.6. The topological polar surface area (TPSA) is 136 Å². The number of piperidine rings is 1. The van der Waals surface area contributed by atoms with Gasteiger partial charge in [0.1, 0.15) is 29.5 Å². The van der Waals surface area contributed by atoms with Crippen LogP contribution in [0.4, 0.5) is 0 Å². The number of carbonyl (C=O) groups excluding carboxylic acids is 1. The van der Waals surface area contributed by atoms with Gasteiger partial charge in [0.05, 0.1) is 30.5 Å². The number of hydrogen-bond donors (Lipinski definition) is 3. The van der Waals surface area contributed by atoms with Gasteiger partial charge in [-0.3, -0.25) is 4.90 Å². The Bertz CT molecular complexity index is 1320. The van der Waals surface area contributed by atoms with E-state index in [1.54, 1.807) is 45.6 Å². The quantitative estimate of drug-likeness (QED) is 0.224. The van der Waals surface area contributed by atoms with Crippen LogP contribution in [0.1, 0.15) is 49.9 Å². The molecular formula is C36H53NO10. The summed E-state index contributed by atoms with van der Waals surface area (Å²) in [5.41, 5.74) is -4.01. The van der Waals surface area contributed by atoms with Crippen molar-refractivity contribution in [1.82, 2.24) is 4.90 Å². The zero-order valence-electron chi connectivity index (χ0n) is 28.5. The second-order valence-electron chi connectivity index (χ2n) is 15.0. The lowest BCUT2D eigenvalue weighted by Gasteiger charge is -2.70. The van der Waals surface area contributed by atoms with Crippen molar-refractivity contribution >= 4 is 5.97 Å². The SMILES string of the molecule is CCCCO[C@]12[C@H]3[C@@H](OC(=O)c4ccccc4)[C@](O)(C[C@H]3[C@@]34C5[C@@H]1[C@H](OC)[C@@H]3[C@](COC)(CN5CC)[C@H](O)C[C@@H]4OC)[C@@H](OC)[C@@H]2O. The van der Waals surface area contributed by atoms with Gasteiger partial charge in [0, 0.05) is 82.6 Å². The number of benzene rings is 1. The predicted octanol–water partition coefficient (Wildman–Crippen LogP) is 1.90. The number of nitrogens with zero attached hydrogens (tertiary/aromatic N) is 1. The van der Waals surface area contributed by atoms with Gasteiger partial charge in [-0.1, -0.05) is 38.5 Å². The lowest BCUT2D eigenvalue weighted by Crippen LogP contribution is -2.81. The number of likely N-dealkylation sites (tertiary alicyclic amines) is 1. The van der Waals surface area contributed by atoms with Crippen LogP contribution in [0.5, 0.6) is 0 Å². The molecule has 1 aliphatic heterocycles. The zero-order valence-corrected chi connectivity index (χ0v) is 28.5. The summed E-state index contributed by atoms with van der Waals surface area (Å²) < 4.78 is 38.6. The maximum absolute atomic E-state index is 13.9. The van der Waals surface area contributed by atoms with Gasteiger partial charge in [0.2, 0.25) is 0 Å². The molecule has 7 bridgehead atoms. The highest BCUT2D eigenvalue weighted by Crippen LogP contribution is 2.80. The van der Waals surface area contributed by atoms with Crippen LogP contribution in [-0.2, 0) is 28.4 Å². The second kappa shape index (κ2) is 12.0. The highest BCUT2D eigenvalue weighted by molar-refractivity contribution is 5.89. The van der Waals surface area contributed by atoms with E-state index < -0.39 is 76.5 Å². The van der Waals surface area contributed by atoms with Crippen molar-refractivity contribution < 1.29 is 48.5 Å². The third-order valence-corrected chi connectivity index (χ3v) is 13.7. The van der Waals surface area contributed by atoms with Crippen molar-refractivity contribution in [2.75, 3.05) is 54.7 Å². The van der Waals surface area contributed by atoms with E-state index in [0.29, 0.717) is 38.3 Å². The molecule has 6 fully saturated rings. The molecule has 47 heavy (non-hydrogen) atoms. The van der Waals surface area contributed by atoms with Crippen molar-refractivity contribution in [2.24, 2.45) is 34.5 Å². The Labute approximate surface area is 277 Å². The number of fused-ring (bicyclic) bond motifs is 2. The maximum atomic E-state index is 13.9. The number of aliphatic hydroxyl groups is 3. The van der Waals surface area contributed by atoms with Gasteiger partial charge in [-0.15, -0.1) is 0 Å². The van der Waals surface area contributed by atoms with Gasteiger partial charge in [-0.25, -0.2) is 4.79 Å². The summed E-state index contributed by atoms with van der Waals surface area (Å²) in [6.45, 7) is 6.17. The van der Waals surface area contributed by atoms with Crippen LogP contribution >= 0.6 is 0 Å². The molecule has 0 aromatic heterocycles. The van der Waals surface area contributed by atoms with E-state index >= 15 is 0 Å². The number of methoxy groups -OCH3 is 4. The highest BCUT2D eigenvalue weighted by Gasteiger charge is 2.91. The molecule has 1 heterocycles. The summed E-state index contributed by atoms with van der Waals surface area (Å²) in [6.07, 6.45) is -2.76. The molecule has 5 aliphatic carbocycles. The van der Waals surface area contributed by atoms with Crippen LogP contribution in [0.2, 0.25) is 0 Å². The van der Waals surface area contributed by atoms with Crippen LogP contribution in [0.25, 0.3) is 0 Å². The average molecular weight is 660 g/mol. The Morgan fingerprint density at radius 2 is 1.74 bits per heavy atom. The van der Waals surface area contributed by atoms with Crippen molar-refractivity contribution in [2.45, 2.75) is 93.4 Å². The Balaban J connectivity index is 1.51. The van der Waals surface area contributed by atoms with Crippen LogP contribution in [0.3, 0.4) is 0 Å². The van der Waals surface area contributed by atoms with E-state index in [1.165, 1.54) is 7.11 Å². The Hall–Kier alpha value is -1.67. The average Bonchev–Trinajstić information content (AvgIpc) is 3.44. The summed E-state index contributed by atoms with van der Waals surface area (Å²) in [4.78, 5) is 16.3. The summed E-state index contributed by atoms with van der Waals surface area (Å²) in [5, 5.41) is 37.7. The van der Waals surface area contributed by atoms with E-state index in [1.807, 2.05) is 6.07 Å². The van der Waals surface area contributed by atoms with E-state index in [-0.39, 0.29) is 24.3 Å². The first kappa shape index (κ1) is 33.8. The molecule has 1 aromatic carbocycles. The normalized spacial score (nSPS) is 49.3. The third-order valence-electron chi connectivity index (χ3n) is 13.7. The molecule has 1 aromatic rings. The number of rotatable bonds is 12. The van der Waals surface area contributed by atoms with Gasteiger partial charge in [0.25, 0.3) is 0 Å². The minimum Gasteiger partial charge on any atom is -0.455 e. The molecule has 262 valence electrons. The number of esters is 1. The predicted molar refractivity (Wildman–Crippen MR) is 170 cm³/mol. The monoisotopic (exact) mass is 659 g/mol. The second-order valence-corrected chi connectivity index (χ2v) is 15.0. The van der Waals surface area contributed by atoms with Crippen LogP contribution < -0.4 is 0 Å². The standard InChI is InChI=1S/C36H53NO10/c1-7-9-15-46-36-24-21(17-34(41,31(45-6)29(36)39)30(24)47-32(40)20-13-11-10-12-14-20)35-23(43-4)16-22(38)33(19-42-3)18-37(8-2)28(35)25(36)26(44-5)27(33)35/h10-14,21-31,38-39,41H,7-9,15-19H2,1-6H3/t21-,22-,23+,24-,25+,26+,27-,28?,29+,30-,31+,33+,34-,35+,36-/m1/s1. The van der Waals surface area contributed by atoms with Gasteiger partial charge in [-0.2, -0.15) is 0 Å². The minimum atomic E-state index is -1.71. The summed E-state index contributed by atoms with van der Waals surface area (Å²) >= 11 is 0. The van der Waals surface area contributed by atoms with E-state index in [2.05, 4.69) is 18.7 Å². The van der Waals surface area contributed by atoms with Crippen LogP contribution in [0.15, 0.2) is 30.3 Å². The molecule has 15 atom stereocenters. The molecule has 3 N–H and O–H groups in total. The Kier molecular flexibility index (Phi) is 8.62. The molecule has 5 saturated carbocycles. The number of hydrogen-bond acceptors (Lipinski definition) is 11. The van der Waals surface area contributed by atoms with Gasteiger partial charge in [0.15, 0.2) is 0 Å². The molecule has 0 radical (unpaired) electrons. The molecule has 1 unspecified atom stereocenters. The molecule has 1 spiro atoms. The third kappa shape index (κ3) is 4.03. The number of aliphatic hydroxyl groups excluding tert-OH is 2. The van der Waals surface area contributed by atoms with Crippen molar-refractivity contribution in [3.8, 4) is 0 Å².